The minimum atomic E-state index is -0.654. The van der Waals surface area contributed by atoms with Gasteiger partial charge in [0.05, 0.1) is 11.4 Å². The van der Waals surface area contributed by atoms with E-state index in [1.165, 1.54) is 11.5 Å². The number of carbonyl (C=O) groups is 2. The second kappa shape index (κ2) is 6.49. The molecule has 7 nitrogen and oxygen atoms in total. The van der Waals surface area contributed by atoms with Crippen LogP contribution in [-0.4, -0.2) is 65.0 Å². The van der Waals surface area contributed by atoms with Gasteiger partial charge in [0.15, 0.2) is 17.3 Å². The Kier molecular flexibility index (Phi) is 3.95. The number of anilines is 1. The average Bonchev–Trinajstić information content (AvgIpc) is 3.22. The van der Waals surface area contributed by atoms with E-state index < -0.39 is 17.4 Å². The van der Waals surface area contributed by atoms with Gasteiger partial charge in [-0.3, -0.25) is 9.59 Å². The van der Waals surface area contributed by atoms with E-state index in [9.17, 15) is 9.59 Å². The Morgan fingerprint density at radius 3 is 2.80 bits per heavy atom. The molecular formula is C21H21FN4O3S. The van der Waals surface area contributed by atoms with Crippen molar-refractivity contribution < 1.29 is 18.7 Å². The minimum Gasteiger partial charge on any atom is -0.450 e. The zero-order valence-electron chi connectivity index (χ0n) is 16.6. The van der Waals surface area contributed by atoms with Crippen molar-refractivity contribution in [1.29, 1.82) is 0 Å². The van der Waals surface area contributed by atoms with Crippen molar-refractivity contribution in [3.8, 4) is 0 Å². The molecule has 0 N–H and O–H groups in total. The Labute approximate surface area is 177 Å². The van der Waals surface area contributed by atoms with Crippen molar-refractivity contribution in [3.63, 3.8) is 0 Å². The highest BCUT2D eigenvalue weighted by atomic mass is 32.1. The summed E-state index contributed by atoms with van der Waals surface area (Å²) in [6.45, 7) is 3.20. The summed E-state index contributed by atoms with van der Waals surface area (Å²) in [5, 5.41) is 0.927. The van der Waals surface area contributed by atoms with E-state index in [0.717, 1.165) is 43.2 Å². The van der Waals surface area contributed by atoms with Crippen LogP contribution in [0.25, 0.3) is 0 Å². The van der Waals surface area contributed by atoms with Crippen LogP contribution in [-0.2, 0) is 20.7 Å². The monoisotopic (exact) mass is 428 g/mol. The van der Waals surface area contributed by atoms with E-state index in [1.807, 2.05) is 17.2 Å². The minimum absolute atomic E-state index is 0.00715. The summed E-state index contributed by atoms with van der Waals surface area (Å²) in [7, 11) is 2.06. The molecule has 1 saturated heterocycles. The lowest BCUT2D eigenvalue weighted by molar-refractivity contribution is -0.137. The van der Waals surface area contributed by atoms with Crippen LogP contribution in [0, 0.1) is 5.92 Å². The molecule has 2 aliphatic carbocycles. The van der Waals surface area contributed by atoms with Gasteiger partial charge in [0.2, 0.25) is 5.78 Å². The fourth-order valence-corrected chi connectivity index (χ4v) is 5.96. The summed E-state index contributed by atoms with van der Waals surface area (Å²) in [6.07, 6.45) is 5.23. The first kappa shape index (κ1) is 18.3. The standard InChI is InChI=1S/C21H21FN4O3S/c1-24-4-6-25(7-5-24)14-9-11-8-12-10-23-30-21(12)26-13-2-3-15(27)18(28)19(13)29-20(16(14)22)17(11)26/h9-11,17H,2-8H2,1H3. The first-order valence-corrected chi connectivity index (χ1v) is 11.1. The summed E-state index contributed by atoms with van der Waals surface area (Å²) in [6, 6.07) is -0.339. The van der Waals surface area contributed by atoms with Gasteiger partial charge in [-0.2, -0.15) is 4.37 Å². The predicted octanol–water partition coefficient (Wildman–Crippen LogP) is 1.99. The topological polar surface area (TPSA) is 66.0 Å². The van der Waals surface area contributed by atoms with E-state index >= 15 is 4.39 Å². The maximum Gasteiger partial charge on any atom is 0.265 e. The van der Waals surface area contributed by atoms with Crippen molar-refractivity contribution in [1.82, 2.24) is 14.2 Å². The average molecular weight is 428 g/mol. The Balaban J connectivity index is 1.50. The fraction of sp³-hybridized carbons (Fsp3) is 0.476. The number of allylic oxidation sites excluding steroid dienone is 3. The van der Waals surface area contributed by atoms with Crippen LogP contribution in [0.15, 0.2) is 41.0 Å². The molecular weight excluding hydrogens is 407 g/mol. The van der Waals surface area contributed by atoms with Crippen molar-refractivity contribution in [2.75, 3.05) is 38.1 Å². The predicted molar refractivity (Wildman–Crippen MR) is 108 cm³/mol. The Morgan fingerprint density at radius 1 is 1.20 bits per heavy atom. The molecule has 1 aromatic rings. The molecule has 6 rings (SSSR count). The number of aromatic nitrogens is 1. The summed E-state index contributed by atoms with van der Waals surface area (Å²) in [5.74, 6) is -1.38. The number of hydrogen-bond acceptors (Lipinski definition) is 8. The van der Waals surface area contributed by atoms with Crippen molar-refractivity contribution in [3.05, 3.63) is 46.6 Å². The fourth-order valence-electron chi connectivity index (χ4n) is 5.12. The number of ketones is 2. The zero-order chi connectivity index (χ0) is 20.6. The number of rotatable bonds is 1. The lowest BCUT2D eigenvalue weighted by Crippen LogP contribution is -2.53. The van der Waals surface area contributed by atoms with Gasteiger partial charge in [0, 0.05) is 50.3 Å². The summed E-state index contributed by atoms with van der Waals surface area (Å²) in [5.41, 5.74) is 2.33. The van der Waals surface area contributed by atoms with Crippen LogP contribution in [0.4, 0.5) is 9.39 Å². The molecule has 0 aromatic carbocycles. The number of Topliss-reactive ketones (excluding diaryl/α,β-unsaturated/α-hetero) is 2. The van der Waals surface area contributed by atoms with Gasteiger partial charge >= 0.3 is 0 Å². The highest BCUT2D eigenvalue weighted by Crippen LogP contribution is 2.51. The molecule has 1 aromatic heterocycles. The molecule has 0 amide bonds. The quantitative estimate of drug-likeness (QED) is 0.634. The van der Waals surface area contributed by atoms with Crippen LogP contribution < -0.4 is 4.90 Å². The lowest BCUT2D eigenvalue weighted by atomic mass is 9.80. The van der Waals surface area contributed by atoms with Crippen molar-refractivity contribution in [2.24, 2.45) is 5.92 Å². The molecule has 5 aliphatic rings. The third-order valence-corrected chi connectivity index (χ3v) is 7.56. The van der Waals surface area contributed by atoms with E-state index in [-0.39, 0.29) is 29.9 Å². The molecule has 0 saturated carbocycles. The van der Waals surface area contributed by atoms with E-state index in [4.69, 9.17) is 4.74 Å². The van der Waals surface area contributed by atoms with Crippen LogP contribution in [0.5, 0.6) is 0 Å². The van der Waals surface area contributed by atoms with Crippen LogP contribution >= 0.6 is 11.5 Å². The van der Waals surface area contributed by atoms with E-state index in [0.29, 0.717) is 17.8 Å². The SMILES string of the molecule is CN1CCN(C2=CC3Cc4cnsc4N4C5=C(OC(=C2F)C34)C(=O)C(=O)CC5)CC1. The summed E-state index contributed by atoms with van der Waals surface area (Å²) >= 11 is 1.35. The number of piperazine rings is 1. The van der Waals surface area contributed by atoms with Gasteiger partial charge in [-0.1, -0.05) is 6.08 Å². The summed E-state index contributed by atoms with van der Waals surface area (Å²) in [4.78, 5) is 31.0. The van der Waals surface area contributed by atoms with Gasteiger partial charge in [-0.15, -0.1) is 0 Å². The van der Waals surface area contributed by atoms with Crippen LogP contribution in [0.3, 0.4) is 0 Å². The second-order valence-corrected chi connectivity index (χ2v) is 9.27. The summed E-state index contributed by atoms with van der Waals surface area (Å²) < 4.78 is 26.1. The van der Waals surface area contributed by atoms with Crippen LogP contribution in [0.1, 0.15) is 18.4 Å². The Bertz CT molecular complexity index is 1070. The van der Waals surface area contributed by atoms with E-state index in [1.54, 1.807) is 0 Å². The molecule has 0 radical (unpaired) electrons. The molecule has 1 fully saturated rings. The number of likely N-dealkylation sites (N-methyl/N-ethyl adjacent to an activating group) is 1. The molecule has 2 unspecified atom stereocenters. The number of fused-ring (bicyclic) bond motifs is 3. The van der Waals surface area contributed by atoms with Gasteiger partial charge in [0.25, 0.3) is 5.78 Å². The molecule has 0 bridgehead atoms. The van der Waals surface area contributed by atoms with Gasteiger partial charge in [-0.05, 0) is 31.4 Å². The van der Waals surface area contributed by atoms with Gasteiger partial charge in [0.1, 0.15) is 11.0 Å². The Hall–Kier alpha value is -2.52. The first-order chi connectivity index (χ1) is 14.5. The highest BCUT2D eigenvalue weighted by Gasteiger charge is 2.51. The van der Waals surface area contributed by atoms with Gasteiger partial charge in [-0.25, -0.2) is 4.39 Å². The van der Waals surface area contributed by atoms with Crippen molar-refractivity contribution >= 4 is 28.1 Å². The zero-order valence-corrected chi connectivity index (χ0v) is 17.4. The molecule has 0 spiro atoms. The number of halogens is 1. The number of carbonyl (C=O) groups excluding carboxylic acids is 2. The molecule has 30 heavy (non-hydrogen) atoms. The maximum absolute atomic E-state index is 15.8. The Morgan fingerprint density at radius 2 is 2.00 bits per heavy atom. The van der Waals surface area contributed by atoms with Crippen molar-refractivity contribution in [2.45, 2.75) is 25.3 Å². The molecule has 3 aliphatic heterocycles. The highest BCUT2D eigenvalue weighted by molar-refractivity contribution is 7.10. The second-order valence-electron chi connectivity index (χ2n) is 8.49. The number of hydrogen-bond donors (Lipinski definition) is 0. The third-order valence-electron chi connectivity index (χ3n) is 6.72. The molecule has 9 heteroatoms. The number of ether oxygens (including phenoxy) is 1. The maximum atomic E-state index is 15.8. The number of nitrogens with zero attached hydrogens (tertiary/aromatic N) is 4. The molecule has 4 heterocycles. The van der Waals surface area contributed by atoms with Crippen LogP contribution in [0.2, 0.25) is 0 Å². The smallest absolute Gasteiger partial charge is 0.265 e. The van der Waals surface area contributed by atoms with Gasteiger partial charge < -0.3 is 19.4 Å². The largest absolute Gasteiger partial charge is 0.450 e. The molecule has 2 atom stereocenters. The third kappa shape index (κ3) is 2.48. The normalized spacial score (nSPS) is 28.8. The van der Waals surface area contributed by atoms with E-state index in [2.05, 4.69) is 21.2 Å². The first-order valence-electron chi connectivity index (χ1n) is 10.3. The lowest BCUT2D eigenvalue weighted by Gasteiger charge is -2.49. The molecule has 156 valence electrons.